The molecule has 1 aromatic rings. The zero-order valence-corrected chi connectivity index (χ0v) is 14.5. The summed E-state index contributed by atoms with van der Waals surface area (Å²) in [5, 5.41) is 7.98. The van der Waals surface area contributed by atoms with Crippen molar-refractivity contribution in [3.8, 4) is 5.75 Å². The number of fused-ring (bicyclic) bond motifs is 1. The van der Waals surface area contributed by atoms with Crippen LogP contribution in [0.25, 0.3) is 0 Å². The molecule has 2 aliphatic rings. The third kappa shape index (κ3) is 3.61. The van der Waals surface area contributed by atoms with Crippen LogP contribution in [-0.2, 0) is 14.4 Å². The molecule has 0 aliphatic carbocycles. The molecule has 0 radical (unpaired) electrons. The molecule has 2 aliphatic heterocycles. The second-order valence-corrected chi connectivity index (χ2v) is 6.71. The van der Waals surface area contributed by atoms with Gasteiger partial charge in [0, 0.05) is 18.7 Å². The number of amides is 5. The molecule has 26 heavy (non-hydrogen) atoms. The van der Waals surface area contributed by atoms with E-state index in [1.807, 2.05) is 0 Å². The number of nitrogens with zero attached hydrogens (tertiary/aromatic N) is 1. The Bertz CT molecular complexity index is 789. The first kappa shape index (κ1) is 17.7. The fourth-order valence-electron chi connectivity index (χ4n) is 2.80. The van der Waals surface area contributed by atoms with Gasteiger partial charge in [0.2, 0.25) is 5.91 Å². The number of carbonyl (C=O) groups is 4. The topological polar surface area (TPSA) is 117 Å². The predicted molar refractivity (Wildman–Crippen MR) is 92.8 cm³/mol. The molecule has 2 heterocycles. The summed E-state index contributed by atoms with van der Waals surface area (Å²) in [5.74, 6) is -0.256. The molecule has 3 N–H and O–H groups in total. The van der Waals surface area contributed by atoms with E-state index in [1.165, 1.54) is 0 Å². The van der Waals surface area contributed by atoms with Gasteiger partial charge in [0.05, 0.1) is 5.69 Å². The van der Waals surface area contributed by atoms with Crippen LogP contribution in [-0.4, -0.2) is 47.3 Å². The molecule has 0 aromatic heterocycles. The first-order chi connectivity index (χ1) is 12.3. The van der Waals surface area contributed by atoms with E-state index in [-0.39, 0.29) is 37.3 Å². The van der Waals surface area contributed by atoms with Crippen LogP contribution in [0.3, 0.4) is 0 Å². The number of urea groups is 1. The molecule has 3 rings (SSSR count). The van der Waals surface area contributed by atoms with Crippen LogP contribution in [0.1, 0.15) is 26.7 Å². The molecule has 0 bridgehead atoms. The van der Waals surface area contributed by atoms with Gasteiger partial charge in [-0.15, -0.1) is 0 Å². The van der Waals surface area contributed by atoms with Crippen molar-refractivity contribution in [1.29, 1.82) is 0 Å². The van der Waals surface area contributed by atoms with Gasteiger partial charge in [-0.25, -0.2) is 4.79 Å². The lowest BCUT2D eigenvalue weighted by Gasteiger charge is -2.18. The maximum absolute atomic E-state index is 12.1. The Kier molecular flexibility index (Phi) is 4.54. The predicted octanol–water partition coefficient (Wildman–Crippen LogP) is 1.07. The van der Waals surface area contributed by atoms with Gasteiger partial charge in [-0.05, 0) is 38.5 Å². The second-order valence-electron chi connectivity index (χ2n) is 6.71. The maximum Gasteiger partial charge on any atom is 0.325 e. The number of nitrogens with one attached hydrogen (secondary N) is 3. The van der Waals surface area contributed by atoms with E-state index in [0.717, 1.165) is 4.90 Å². The minimum absolute atomic E-state index is 0.0295. The van der Waals surface area contributed by atoms with Crippen molar-refractivity contribution in [3.63, 3.8) is 0 Å². The summed E-state index contributed by atoms with van der Waals surface area (Å²) in [6.45, 7) is 3.42. The molecule has 0 atom stereocenters. The van der Waals surface area contributed by atoms with Gasteiger partial charge in [-0.3, -0.25) is 19.3 Å². The van der Waals surface area contributed by atoms with Crippen LogP contribution in [0.5, 0.6) is 5.75 Å². The first-order valence-electron chi connectivity index (χ1n) is 8.27. The van der Waals surface area contributed by atoms with Crippen molar-refractivity contribution in [3.05, 3.63) is 18.2 Å². The average molecular weight is 360 g/mol. The summed E-state index contributed by atoms with van der Waals surface area (Å²) in [6.07, 6.45) is 0.503. The van der Waals surface area contributed by atoms with Crippen molar-refractivity contribution in [2.24, 2.45) is 0 Å². The van der Waals surface area contributed by atoms with Gasteiger partial charge >= 0.3 is 6.03 Å². The third-order valence-corrected chi connectivity index (χ3v) is 4.13. The zero-order valence-electron chi connectivity index (χ0n) is 14.5. The molecule has 1 saturated heterocycles. The van der Waals surface area contributed by atoms with Gasteiger partial charge in [0.15, 0.2) is 6.61 Å². The molecular formula is C17H20N4O5. The zero-order chi connectivity index (χ0) is 18.9. The van der Waals surface area contributed by atoms with Crippen molar-refractivity contribution < 1.29 is 23.9 Å². The number of ether oxygens (including phenoxy) is 1. The van der Waals surface area contributed by atoms with E-state index in [4.69, 9.17) is 4.74 Å². The molecule has 1 fully saturated rings. The summed E-state index contributed by atoms with van der Waals surface area (Å²) in [5.41, 5.74) is 0.117. The van der Waals surface area contributed by atoms with E-state index in [2.05, 4.69) is 16.0 Å². The molecule has 0 spiro atoms. The molecular weight excluding hydrogens is 340 g/mol. The van der Waals surface area contributed by atoms with Gasteiger partial charge in [-0.1, -0.05) is 0 Å². The van der Waals surface area contributed by atoms with E-state index >= 15 is 0 Å². The third-order valence-electron chi connectivity index (χ3n) is 4.13. The number of hydrogen-bond acceptors (Lipinski definition) is 5. The smallest absolute Gasteiger partial charge is 0.325 e. The van der Waals surface area contributed by atoms with E-state index < -0.39 is 11.6 Å². The Labute approximate surface area is 150 Å². The maximum atomic E-state index is 12.1. The van der Waals surface area contributed by atoms with Gasteiger partial charge in [0.25, 0.3) is 11.8 Å². The fourth-order valence-corrected chi connectivity index (χ4v) is 2.80. The molecule has 1 aromatic carbocycles. The monoisotopic (exact) mass is 360 g/mol. The van der Waals surface area contributed by atoms with Crippen LogP contribution >= 0.6 is 0 Å². The minimum Gasteiger partial charge on any atom is -0.482 e. The highest BCUT2D eigenvalue weighted by Gasteiger charge is 2.43. The Balaban J connectivity index is 1.51. The summed E-state index contributed by atoms with van der Waals surface area (Å²) in [4.78, 5) is 48.4. The molecule has 5 amide bonds. The second kappa shape index (κ2) is 6.66. The van der Waals surface area contributed by atoms with Gasteiger partial charge in [-0.2, -0.15) is 0 Å². The van der Waals surface area contributed by atoms with E-state index in [0.29, 0.717) is 23.5 Å². The summed E-state index contributed by atoms with van der Waals surface area (Å²) in [7, 11) is 0. The Morgan fingerprint density at radius 3 is 2.77 bits per heavy atom. The number of carbonyl (C=O) groups excluding carboxylic acids is 4. The molecule has 138 valence electrons. The lowest BCUT2D eigenvalue weighted by Crippen LogP contribution is -2.40. The highest BCUT2D eigenvalue weighted by molar-refractivity contribution is 6.06. The minimum atomic E-state index is -0.908. The van der Waals surface area contributed by atoms with Crippen molar-refractivity contribution >= 4 is 35.1 Å². The summed E-state index contributed by atoms with van der Waals surface area (Å²) >= 11 is 0. The Morgan fingerprint density at radius 2 is 2.08 bits per heavy atom. The Morgan fingerprint density at radius 1 is 1.31 bits per heavy atom. The number of hydrogen-bond donors (Lipinski definition) is 3. The lowest BCUT2D eigenvalue weighted by atomic mass is 10.1. The van der Waals surface area contributed by atoms with Crippen LogP contribution in [0.2, 0.25) is 0 Å². The summed E-state index contributed by atoms with van der Waals surface area (Å²) in [6, 6.07) is 4.52. The Hall–Kier alpha value is -3.10. The SMILES string of the molecule is CC1(C)NC(=O)N(CCCC(=O)Nc2ccc3c(c2)NC(=O)CO3)C1=O. The van der Waals surface area contributed by atoms with E-state index in [9.17, 15) is 19.2 Å². The number of anilines is 2. The van der Waals surface area contributed by atoms with Gasteiger partial charge < -0.3 is 20.7 Å². The molecule has 9 heteroatoms. The fraction of sp³-hybridized carbons (Fsp3) is 0.412. The highest BCUT2D eigenvalue weighted by atomic mass is 16.5. The van der Waals surface area contributed by atoms with Crippen LogP contribution in [0, 0.1) is 0 Å². The van der Waals surface area contributed by atoms with E-state index in [1.54, 1.807) is 32.0 Å². The first-order valence-corrected chi connectivity index (χ1v) is 8.27. The summed E-state index contributed by atoms with van der Waals surface area (Å²) < 4.78 is 5.25. The highest BCUT2D eigenvalue weighted by Crippen LogP contribution is 2.30. The largest absolute Gasteiger partial charge is 0.482 e. The number of imide groups is 1. The van der Waals surface area contributed by atoms with Crippen LogP contribution in [0.4, 0.5) is 16.2 Å². The number of benzene rings is 1. The molecule has 0 saturated carbocycles. The quantitative estimate of drug-likeness (QED) is 0.679. The standard InChI is InChI=1S/C17H20N4O5/c1-17(2)15(24)21(16(25)20-17)7-3-4-13(22)18-10-5-6-12-11(8-10)19-14(23)9-26-12/h5-6,8H,3-4,7,9H2,1-2H3,(H,18,22)(H,19,23)(H,20,25). The normalized spacial score (nSPS) is 17.9. The van der Waals surface area contributed by atoms with Crippen molar-refractivity contribution in [2.75, 3.05) is 23.8 Å². The molecule has 0 unspecified atom stereocenters. The van der Waals surface area contributed by atoms with Crippen LogP contribution in [0.15, 0.2) is 18.2 Å². The van der Waals surface area contributed by atoms with Crippen LogP contribution < -0.4 is 20.7 Å². The van der Waals surface area contributed by atoms with Crippen molar-refractivity contribution in [1.82, 2.24) is 10.2 Å². The average Bonchev–Trinajstić information content (AvgIpc) is 2.76. The lowest BCUT2D eigenvalue weighted by molar-refractivity contribution is -0.130. The molecule has 9 nitrogen and oxygen atoms in total. The number of rotatable bonds is 5. The van der Waals surface area contributed by atoms with Crippen molar-refractivity contribution in [2.45, 2.75) is 32.2 Å². The van der Waals surface area contributed by atoms with Gasteiger partial charge in [0.1, 0.15) is 11.3 Å².